The molecule has 0 aliphatic rings. The van der Waals surface area contributed by atoms with E-state index in [9.17, 15) is 9.18 Å². The molecule has 1 unspecified atom stereocenters. The van der Waals surface area contributed by atoms with Gasteiger partial charge in [-0.1, -0.05) is 18.2 Å². The summed E-state index contributed by atoms with van der Waals surface area (Å²) in [7, 11) is 0. The number of aldehydes is 1. The first-order chi connectivity index (χ1) is 7.21. The summed E-state index contributed by atoms with van der Waals surface area (Å²) in [6, 6.07) is 7.20. The Kier molecular flexibility index (Phi) is 2.49. The molecule has 0 bridgehead atoms. The number of aromatic amines is 1. The van der Waals surface area contributed by atoms with Gasteiger partial charge in [0.1, 0.15) is 0 Å². The van der Waals surface area contributed by atoms with Crippen LogP contribution in [0.4, 0.5) is 4.39 Å². The van der Waals surface area contributed by atoms with Crippen LogP contribution in [0.5, 0.6) is 0 Å². The van der Waals surface area contributed by atoms with Crippen LogP contribution in [0.2, 0.25) is 0 Å². The van der Waals surface area contributed by atoms with Gasteiger partial charge in [0, 0.05) is 22.7 Å². The Bertz CT molecular complexity index is 496. The van der Waals surface area contributed by atoms with Crippen LogP contribution >= 0.6 is 11.6 Å². The van der Waals surface area contributed by atoms with Crippen molar-refractivity contribution in [2.24, 2.45) is 0 Å². The molecule has 1 aromatic carbocycles. The van der Waals surface area contributed by atoms with E-state index < -0.39 is 5.67 Å². The van der Waals surface area contributed by atoms with Crippen LogP contribution in [-0.4, -0.2) is 17.2 Å². The zero-order valence-electron chi connectivity index (χ0n) is 7.84. The number of carbonyl (C=O) groups is 1. The summed E-state index contributed by atoms with van der Waals surface area (Å²) in [4.78, 5) is 13.6. The highest BCUT2D eigenvalue weighted by Crippen LogP contribution is 2.31. The lowest BCUT2D eigenvalue weighted by Crippen LogP contribution is -2.23. The van der Waals surface area contributed by atoms with Gasteiger partial charge >= 0.3 is 0 Å². The minimum absolute atomic E-state index is 0.246. The molecule has 78 valence electrons. The molecule has 0 saturated carbocycles. The Morgan fingerprint density at radius 2 is 2.20 bits per heavy atom. The summed E-state index contributed by atoms with van der Waals surface area (Å²) in [5.74, 6) is -0.377. The quantitative estimate of drug-likeness (QED) is 0.632. The highest BCUT2D eigenvalue weighted by molar-refractivity contribution is 6.20. The topological polar surface area (TPSA) is 32.9 Å². The first-order valence-electron chi connectivity index (χ1n) is 4.49. The van der Waals surface area contributed by atoms with E-state index in [1.807, 2.05) is 12.1 Å². The first-order valence-corrected chi connectivity index (χ1v) is 5.02. The van der Waals surface area contributed by atoms with Crippen LogP contribution in [0.3, 0.4) is 0 Å². The van der Waals surface area contributed by atoms with Crippen molar-refractivity contribution < 1.29 is 9.18 Å². The van der Waals surface area contributed by atoms with Gasteiger partial charge in [0.25, 0.3) is 0 Å². The third kappa shape index (κ3) is 1.53. The normalized spacial score (nSPS) is 15.1. The molecule has 0 amide bonds. The minimum Gasteiger partial charge on any atom is -0.361 e. The van der Waals surface area contributed by atoms with E-state index in [0.717, 1.165) is 5.52 Å². The minimum atomic E-state index is -2.11. The number of hydrogen-bond donors (Lipinski definition) is 1. The van der Waals surface area contributed by atoms with Crippen molar-refractivity contribution in [2.75, 3.05) is 5.88 Å². The molecule has 2 rings (SSSR count). The SMILES string of the molecule is O=CC(F)(CCl)c1c[nH]c2ccccc12. The number of aromatic nitrogens is 1. The Morgan fingerprint density at radius 3 is 2.87 bits per heavy atom. The van der Waals surface area contributed by atoms with Crippen molar-refractivity contribution in [3.63, 3.8) is 0 Å². The molecule has 1 atom stereocenters. The van der Waals surface area contributed by atoms with Gasteiger partial charge in [-0.25, -0.2) is 4.39 Å². The summed E-state index contributed by atoms with van der Waals surface area (Å²) in [5.41, 5.74) is -1.02. The summed E-state index contributed by atoms with van der Waals surface area (Å²) < 4.78 is 14.0. The van der Waals surface area contributed by atoms with Crippen LogP contribution in [0.15, 0.2) is 30.5 Å². The van der Waals surface area contributed by atoms with Gasteiger partial charge in [-0.3, -0.25) is 4.79 Å². The molecule has 4 heteroatoms. The van der Waals surface area contributed by atoms with Crippen LogP contribution in [0.25, 0.3) is 10.9 Å². The number of halogens is 2. The van der Waals surface area contributed by atoms with E-state index in [2.05, 4.69) is 4.98 Å². The molecule has 0 aliphatic carbocycles. The summed E-state index contributed by atoms with van der Waals surface area (Å²) in [6.45, 7) is 0. The fourth-order valence-electron chi connectivity index (χ4n) is 1.58. The third-order valence-corrected chi connectivity index (χ3v) is 2.81. The average Bonchev–Trinajstić information content (AvgIpc) is 2.72. The number of alkyl halides is 2. The Morgan fingerprint density at radius 1 is 1.47 bits per heavy atom. The molecule has 0 fully saturated rings. The monoisotopic (exact) mass is 225 g/mol. The van der Waals surface area contributed by atoms with Crippen LogP contribution in [0.1, 0.15) is 5.56 Å². The number of H-pyrrole nitrogens is 1. The summed E-state index contributed by atoms with van der Waals surface area (Å²) in [5, 5.41) is 0.688. The molecule has 1 N–H and O–H groups in total. The number of fused-ring (bicyclic) bond motifs is 1. The summed E-state index contributed by atoms with van der Waals surface area (Å²) in [6.07, 6.45) is 1.73. The van der Waals surface area contributed by atoms with Gasteiger partial charge < -0.3 is 4.98 Å². The maximum Gasteiger partial charge on any atom is 0.206 e. The Hall–Kier alpha value is -1.35. The number of rotatable bonds is 3. The molecule has 0 spiro atoms. The van der Waals surface area contributed by atoms with Crippen molar-refractivity contribution in [1.29, 1.82) is 0 Å². The number of benzene rings is 1. The third-order valence-electron chi connectivity index (χ3n) is 2.42. The van der Waals surface area contributed by atoms with E-state index in [4.69, 9.17) is 11.6 Å². The average molecular weight is 226 g/mol. The number of hydrogen-bond acceptors (Lipinski definition) is 1. The zero-order valence-corrected chi connectivity index (χ0v) is 8.59. The predicted octanol–water partition coefficient (Wildman–Crippen LogP) is 2.77. The van der Waals surface area contributed by atoms with E-state index in [1.54, 1.807) is 12.1 Å². The lowest BCUT2D eigenvalue weighted by Gasteiger charge is -2.14. The van der Waals surface area contributed by atoms with Gasteiger partial charge in [-0.2, -0.15) is 0 Å². The van der Waals surface area contributed by atoms with Crippen molar-refractivity contribution in [1.82, 2.24) is 4.98 Å². The molecule has 0 aliphatic heterocycles. The second-order valence-electron chi connectivity index (χ2n) is 3.36. The number of nitrogens with one attached hydrogen (secondary N) is 1. The van der Waals surface area contributed by atoms with E-state index in [0.29, 0.717) is 10.9 Å². The van der Waals surface area contributed by atoms with E-state index >= 15 is 0 Å². The Balaban J connectivity index is 2.66. The lowest BCUT2D eigenvalue weighted by molar-refractivity contribution is -0.117. The van der Waals surface area contributed by atoms with Gasteiger partial charge in [0.2, 0.25) is 5.67 Å². The van der Waals surface area contributed by atoms with E-state index in [-0.39, 0.29) is 12.2 Å². The highest BCUT2D eigenvalue weighted by Gasteiger charge is 2.33. The first kappa shape index (κ1) is 10.2. The second-order valence-corrected chi connectivity index (χ2v) is 3.63. The van der Waals surface area contributed by atoms with Crippen molar-refractivity contribution in [2.45, 2.75) is 5.67 Å². The van der Waals surface area contributed by atoms with Gasteiger partial charge in [-0.05, 0) is 6.07 Å². The van der Waals surface area contributed by atoms with Crippen LogP contribution in [-0.2, 0) is 10.5 Å². The van der Waals surface area contributed by atoms with Crippen LogP contribution < -0.4 is 0 Å². The fourth-order valence-corrected chi connectivity index (χ4v) is 1.79. The van der Waals surface area contributed by atoms with Crippen molar-refractivity contribution in [3.8, 4) is 0 Å². The van der Waals surface area contributed by atoms with Crippen molar-refractivity contribution >= 4 is 28.8 Å². The Labute approximate surface area is 91.0 Å². The van der Waals surface area contributed by atoms with Gasteiger partial charge in [0.15, 0.2) is 6.29 Å². The molecular weight excluding hydrogens is 217 g/mol. The molecule has 1 heterocycles. The van der Waals surface area contributed by atoms with Crippen molar-refractivity contribution in [3.05, 3.63) is 36.0 Å². The van der Waals surface area contributed by atoms with Gasteiger partial charge in [0.05, 0.1) is 5.88 Å². The molecule has 1 aromatic heterocycles. The maximum absolute atomic E-state index is 14.0. The molecule has 2 aromatic rings. The molecular formula is C11H9ClFNO. The van der Waals surface area contributed by atoms with Gasteiger partial charge in [-0.15, -0.1) is 11.6 Å². The maximum atomic E-state index is 14.0. The number of carbonyl (C=O) groups excluding carboxylic acids is 1. The lowest BCUT2D eigenvalue weighted by atomic mass is 9.99. The molecule has 15 heavy (non-hydrogen) atoms. The largest absolute Gasteiger partial charge is 0.361 e. The van der Waals surface area contributed by atoms with Crippen LogP contribution in [0, 0.1) is 0 Å². The summed E-state index contributed by atoms with van der Waals surface area (Å²) >= 11 is 5.48. The standard InChI is InChI=1S/C11H9ClFNO/c12-6-11(13,7-15)9-5-14-10-4-2-1-3-8(9)10/h1-5,7,14H,6H2. The number of para-hydroxylation sites is 1. The smallest absolute Gasteiger partial charge is 0.206 e. The second kappa shape index (κ2) is 3.66. The fraction of sp³-hybridized carbons (Fsp3) is 0.182. The molecule has 0 saturated heterocycles. The molecule has 2 nitrogen and oxygen atoms in total. The predicted molar refractivity (Wildman–Crippen MR) is 57.9 cm³/mol. The molecule has 0 radical (unpaired) electrons. The highest BCUT2D eigenvalue weighted by atomic mass is 35.5. The van der Waals surface area contributed by atoms with E-state index in [1.165, 1.54) is 6.20 Å². The zero-order chi connectivity index (χ0) is 10.9.